The van der Waals surface area contributed by atoms with Crippen molar-refractivity contribution in [3.05, 3.63) is 17.6 Å². The summed E-state index contributed by atoms with van der Waals surface area (Å²) in [5.74, 6) is 1.28. The maximum Gasteiger partial charge on any atom is 0.144 e. The maximum atomic E-state index is 9.25. The Labute approximate surface area is 114 Å². The van der Waals surface area contributed by atoms with Crippen molar-refractivity contribution in [2.24, 2.45) is 0 Å². The van der Waals surface area contributed by atoms with Crippen LogP contribution in [0, 0.1) is 6.92 Å². The van der Waals surface area contributed by atoms with Gasteiger partial charge in [-0.1, -0.05) is 19.3 Å². The van der Waals surface area contributed by atoms with Crippen LogP contribution in [-0.2, 0) is 6.54 Å². The van der Waals surface area contributed by atoms with Crippen molar-refractivity contribution < 1.29 is 5.11 Å². The Hall–Kier alpha value is -1.20. The van der Waals surface area contributed by atoms with Gasteiger partial charge in [0.15, 0.2) is 0 Å². The lowest BCUT2D eigenvalue weighted by Crippen LogP contribution is -2.38. The minimum absolute atomic E-state index is 0.178. The minimum atomic E-state index is 0.178. The molecular weight excluding hydrogens is 240 g/mol. The number of hydrogen-bond donors (Lipinski definition) is 2. The third-order valence-electron chi connectivity index (χ3n) is 3.74. The molecule has 0 aromatic carbocycles. The predicted molar refractivity (Wildman–Crippen MR) is 75.6 cm³/mol. The second-order valence-corrected chi connectivity index (χ2v) is 5.34. The molecule has 0 bridgehead atoms. The zero-order valence-corrected chi connectivity index (χ0v) is 11.7. The molecule has 0 aliphatic heterocycles. The van der Waals surface area contributed by atoms with Crippen LogP contribution < -0.4 is 5.73 Å². The summed E-state index contributed by atoms with van der Waals surface area (Å²) in [5, 5.41) is 9.25. The highest BCUT2D eigenvalue weighted by atomic mass is 16.3. The number of aryl methyl sites for hydroxylation is 1. The fraction of sp³-hybridized carbons (Fsp3) is 0.714. The highest BCUT2D eigenvalue weighted by molar-refractivity contribution is 5.29. The van der Waals surface area contributed by atoms with Crippen molar-refractivity contribution in [2.45, 2.75) is 51.6 Å². The minimum Gasteiger partial charge on any atom is -0.395 e. The monoisotopic (exact) mass is 264 g/mol. The maximum absolute atomic E-state index is 9.25. The molecule has 106 valence electrons. The summed E-state index contributed by atoms with van der Waals surface area (Å²) in [5.41, 5.74) is 6.67. The molecule has 2 rings (SSSR count). The summed E-state index contributed by atoms with van der Waals surface area (Å²) >= 11 is 0. The van der Waals surface area contributed by atoms with Crippen LogP contribution in [0.3, 0.4) is 0 Å². The molecule has 19 heavy (non-hydrogen) atoms. The van der Waals surface area contributed by atoms with Crippen molar-refractivity contribution in [3.63, 3.8) is 0 Å². The van der Waals surface area contributed by atoms with Crippen LogP contribution in [-0.4, -0.2) is 39.2 Å². The van der Waals surface area contributed by atoms with Gasteiger partial charge >= 0.3 is 0 Å². The molecule has 0 saturated heterocycles. The normalized spacial score (nSPS) is 17.0. The predicted octanol–water partition coefficient (Wildman–Crippen LogP) is 1.49. The van der Waals surface area contributed by atoms with Gasteiger partial charge in [0.25, 0.3) is 0 Å². The third-order valence-corrected chi connectivity index (χ3v) is 3.74. The quantitative estimate of drug-likeness (QED) is 0.843. The van der Waals surface area contributed by atoms with Crippen molar-refractivity contribution in [1.82, 2.24) is 14.9 Å². The summed E-state index contributed by atoms with van der Waals surface area (Å²) in [4.78, 5) is 11.0. The lowest BCUT2D eigenvalue weighted by Gasteiger charge is -2.33. The van der Waals surface area contributed by atoms with Crippen molar-refractivity contribution in [3.8, 4) is 0 Å². The Kier molecular flexibility index (Phi) is 5.10. The van der Waals surface area contributed by atoms with Gasteiger partial charge in [-0.3, -0.25) is 4.90 Å². The summed E-state index contributed by atoms with van der Waals surface area (Å²) < 4.78 is 0. The van der Waals surface area contributed by atoms with Crippen LogP contribution in [0.4, 0.5) is 5.82 Å². The molecule has 1 aromatic heterocycles. The Morgan fingerprint density at radius 1 is 1.32 bits per heavy atom. The Balaban J connectivity index is 2.06. The third kappa shape index (κ3) is 4.14. The lowest BCUT2D eigenvalue weighted by atomic mass is 9.94. The first-order valence-electron chi connectivity index (χ1n) is 7.14. The molecule has 0 amide bonds. The van der Waals surface area contributed by atoms with E-state index in [0.29, 0.717) is 24.9 Å². The van der Waals surface area contributed by atoms with E-state index in [0.717, 1.165) is 11.5 Å². The van der Waals surface area contributed by atoms with E-state index in [1.54, 1.807) is 6.07 Å². The van der Waals surface area contributed by atoms with E-state index in [1.807, 2.05) is 6.92 Å². The summed E-state index contributed by atoms with van der Waals surface area (Å²) in [7, 11) is 0. The lowest BCUT2D eigenvalue weighted by molar-refractivity contribution is 0.114. The molecule has 1 fully saturated rings. The zero-order valence-electron chi connectivity index (χ0n) is 11.7. The number of nitrogen functional groups attached to an aromatic ring is 1. The molecule has 1 aliphatic rings. The Morgan fingerprint density at radius 3 is 2.68 bits per heavy atom. The van der Waals surface area contributed by atoms with Crippen LogP contribution in [0.2, 0.25) is 0 Å². The van der Waals surface area contributed by atoms with Crippen molar-refractivity contribution in [2.75, 3.05) is 18.9 Å². The smallest absolute Gasteiger partial charge is 0.144 e. The zero-order chi connectivity index (χ0) is 13.7. The number of aliphatic hydroxyl groups is 1. The molecular formula is C14H24N4O. The first-order valence-corrected chi connectivity index (χ1v) is 7.14. The summed E-state index contributed by atoms with van der Waals surface area (Å²) in [6.07, 6.45) is 6.31. The molecule has 1 saturated carbocycles. The van der Waals surface area contributed by atoms with Crippen LogP contribution in [0.25, 0.3) is 0 Å². The van der Waals surface area contributed by atoms with E-state index in [2.05, 4.69) is 14.9 Å². The average molecular weight is 264 g/mol. The molecule has 0 radical (unpaired) electrons. The van der Waals surface area contributed by atoms with Gasteiger partial charge in [0.2, 0.25) is 0 Å². The number of aliphatic hydroxyl groups excluding tert-OH is 1. The van der Waals surface area contributed by atoms with Gasteiger partial charge in [-0.2, -0.15) is 0 Å². The molecule has 1 heterocycles. The highest BCUT2D eigenvalue weighted by Crippen LogP contribution is 2.23. The molecule has 0 atom stereocenters. The molecule has 5 heteroatoms. The van der Waals surface area contributed by atoms with Crippen LogP contribution in [0.15, 0.2) is 6.07 Å². The van der Waals surface area contributed by atoms with Gasteiger partial charge in [0, 0.05) is 24.3 Å². The van der Waals surface area contributed by atoms with Crippen molar-refractivity contribution >= 4 is 5.82 Å². The number of hydrogen-bond acceptors (Lipinski definition) is 5. The number of nitrogens with two attached hydrogens (primary N) is 1. The number of nitrogens with zero attached hydrogens (tertiary/aromatic N) is 3. The molecule has 1 aliphatic carbocycles. The molecule has 1 aromatic rings. The van der Waals surface area contributed by atoms with Gasteiger partial charge in [-0.05, 0) is 19.8 Å². The Morgan fingerprint density at radius 2 is 2.05 bits per heavy atom. The largest absolute Gasteiger partial charge is 0.395 e. The topological polar surface area (TPSA) is 75.3 Å². The molecule has 0 spiro atoms. The molecule has 3 N–H and O–H groups in total. The first-order chi connectivity index (χ1) is 9.19. The van der Waals surface area contributed by atoms with E-state index >= 15 is 0 Å². The van der Waals surface area contributed by atoms with Gasteiger partial charge < -0.3 is 10.8 Å². The first kappa shape index (κ1) is 14.2. The van der Waals surface area contributed by atoms with Crippen LogP contribution >= 0.6 is 0 Å². The number of anilines is 1. The van der Waals surface area contributed by atoms with E-state index in [4.69, 9.17) is 5.73 Å². The van der Waals surface area contributed by atoms with Gasteiger partial charge in [0.05, 0.1) is 13.2 Å². The second-order valence-electron chi connectivity index (χ2n) is 5.34. The van der Waals surface area contributed by atoms with Gasteiger partial charge in [-0.15, -0.1) is 0 Å². The molecule has 0 unspecified atom stereocenters. The fourth-order valence-corrected chi connectivity index (χ4v) is 2.87. The van der Waals surface area contributed by atoms with Crippen molar-refractivity contribution in [1.29, 1.82) is 0 Å². The van der Waals surface area contributed by atoms with E-state index in [1.165, 1.54) is 32.1 Å². The summed E-state index contributed by atoms with van der Waals surface area (Å²) in [6.45, 7) is 3.47. The molecule has 5 nitrogen and oxygen atoms in total. The fourth-order valence-electron chi connectivity index (χ4n) is 2.87. The Bertz CT molecular complexity index is 384. The van der Waals surface area contributed by atoms with E-state index in [-0.39, 0.29) is 6.61 Å². The number of rotatable bonds is 5. The SMILES string of the molecule is Cc1cc(N)nc(CN(CCO)C2CCCCC2)n1. The van der Waals surface area contributed by atoms with Crippen LogP contribution in [0.1, 0.15) is 43.6 Å². The van der Waals surface area contributed by atoms with Crippen LogP contribution in [0.5, 0.6) is 0 Å². The average Bonchev–Trinajstić information content (AvgIpc) is 2.38. The summed E-state index contributed by atoms with van der Waals surface area (Å²) in [6, 6.07) is 2.33. The highest BCUT2D eigenvalue weighted by Gasteiger charge is 2.21. The van der Waals surface area contributed by atoms with Gasteiger partial charge in [-0.25, -0.2) is 9.97 Å². The second kappa shape index (κ2) is 6.82. The van der Waals surface area contributed by atoms with E-state index < -0.39 is 0 Å². The van der Waals surface area contributed by atoms with Gasteiger partial charge in [0.1, 0.15) is 11.6 Å². The standard InChI is InChI=1S/C14H24N4O/c1-11-9-13(15)17-14(16-11)10-18(7-8-19)12-5-3-2-4-6-12/h9,12,19H,2-8,10H2,1H3,(H2,15,16,17). The number of aromatic nitrogens is 2. The van der Waals surface area contributed by atoms with E-state index in [9.17, 15) is 5.11 Å².